The van der Waals surface area contributed by atoms with E-state index < -0.39 is 6.10 Å². The maximum Gasteiger partial charge on any atom is 0.306 e. The number of rotatable bonds is 63. The Bertz CT molecular complexity index is 1450. The molecule has 79 heavy (non-hydrogen) atoms. The molecule has 6 heteroatoms. The van der Waals surface area contributed by atoms with Crippen LogP contribution in [0.4, 0.5) is 0 Å². The lowest BCUT2D eigenvalue weighted by Crippen LogP contribution is -2.30. The fourth-order valence-electron chi connectivity index (χ4n) is 10.1. The molecule has 0 spiro atoms. The number of carbonyl (C=O) groups excluding carboxylic acids is 3. The molecule has 0 radical (unpaired) electrons. The second kappa shape index (κ2) is 67.4. The van der Waals surface area contributed by atoms with E-state index in [0.717, 1.165) is 89.9 Å². The molecule has 0 aliphatic heterocycles. The van der Waals surface area contributed by atoms with Gasteiger partial charge in [0.25, 0.3) is 0 Å². The van der Waals surface area contributed by atoms with Crippen molar-refractivity contribution in [2.75, 3.05) is 13.2 Å². The van der Waals surface area contributed by atoms with Crippen molar-refractivity contribution in [3.63, 3.8) is 0 Å². The monoisotopic (exact) mass is 1100 g/mol. The topological polar surface area (TPSA) is 78.9 Å². The highest BCUT2D eigenvalue weighted by atomic mass is 16.6. The molecule has 0 bridgehead atoms. The van der Waals surface area contributed by atoms with Crippen LogP contribution in [0.2, 0.25) is 0 Å². The molecule has 0 saturated carbocycles. The van der Waals surface area contributed by atoms with Gasteiger partial charge in [0.05, 0.1) is 0 Å². The fourth-order valence-corrected chi connectivity index (χ4v) is 10.1. The maximum absolute atomic E-state index is 12.9. The molecule has 458 valence electrons. The molecular formula is C73H130O6. The first-order valence-electron chi connectivity index (χ1n) is 34.4. The van der Waals surface area contributed by atoms with Crippen molar-refractivity contribution in [2.24, 2.45) is 0 Å². The molecule has 1 unspecified atom stereocenters. The van der Waals surface area contributed by atoms with Crippen LogP contribution in [0.15, 0.2) is 72.9 Å². The molecule has 0 aromatic carbocycles. The van der Waals surface area contributed by atoms with Crippen molar-refractivity contribution in [1.82, 2.24) is 0 Å². The van der Waals surface area contributed by atoms with Gasteiger partial charge in [-0.1, -0.05) is 331 Å². The number of unbranched alkanes of at least 4 members (excludes halogenated alkanes) is 40. The van der Waals surface area contributed by atoms with E-state index in [0.29, 0.717) is 19.3 Å². The van der Waals surface area contributed by atoms with Crippen LogP contribution in [-0.4, -0.2) is 37.2 Å². The quantitative estimate of drug-likeness (QED) is 0.0261. The van der Waals surface area contributed by atoms with Gasteiger partial charge in [0.15, 0.2) is 6.10 Å². The van der Waals surface area contributed by atoms with Crippen LogP contribution in [-0.2, 0) is 28.6 Å². The molecule has 0 aliphatic carbocycles. The lowest BCUT2D eigenvalue weighted by Gasteiger charge is -2.18. The summed E-state index contributed by atoms with van der Waals surface area (Å²) in [7, 11) is 0. The number of ether oxygens (including phenoxy) is 3. The standard InChI is InChI=1S/C73H130O6/c1-4-7-10-13-16-19-22-25-27-29-30-31-32-33-34-35-36-37-38-39-40-41-42-43-44-46-48-51-54-57-60-63-66-72(75)78-69-70(68-77-71(74)65-62-59-56-53-50-47-24-21-18-15-12-9-6-3)79-73(76)67-64-61-58-55-52-49-45-28-26-23-20-17-14-11-8-5-2/h9,12,18,20-21,23,28,45,47,50,56,59,70H,4-8,10-11,13-17,19,22,24-27,29-44,46,48-49,51-55,57-58,60-69H2,1-3H3/b12-9-,21-18-,23-20-,45-28-,50-47-,59-56-. The minimum absolute atomic E-state index is 0.101. The summed E-state index contributed by atoms with van der Waals surface area (Å²) in [5.74, 6) is -0.985. The molecule has 0 fully saturated rings. The van der Waals surface area contributed by atoms with Gasteiger partial charge in [-0.2, -0.15) is 0 Å². The Labute approximate surface area is 491 Å². The van der Waals surface area contributed by atoms with E-state index in [9.17, 15) is 14.4 Å². The first kappa shape index (κ1) is 75.8. The van der Waals surface area contributed by atoms with Gasteiger partial charge in [-0.25, -0.2) is 0 Å². The first-order valence-corrected chi connectivity index (χ1v) is 34.4. The number of hydrogen-bond acceptors (Lipinski definition) is 6. The molecular weight excluding hydrogens is 973 g/mol. The molecule has 0 saturated heterocycles. The van der Waals surface area contributed by atoms with E-state index in [1.807, 2.05) is 6.08 Å². The van der Waals surface area contributed by atoms with Crippen molar-refractivity contribution >= 4 is 17.9 Å². The summed E-state index contributed by atoms with van der Waals surface area (Å²) >= 11 is 0. The van der Waals surface area contributed by atoms with Crippen molar-refractivity contribution in [2.45, 2.75) is 361 Å². The summed E-state index contributed by atoms with van der Waals surface area (Å²) in [5.41, 5.74) is 0. The zero-order valence-corrected chi connectivity index (χ0v) is 52.6. The zero-order valence-electron chi connectivity index (χ0n) is 52.6. The third-order valence-electron chi connectivity index (χ3n) is 15.2. The molecule has 0 aromatic rings. The predicted molar refractivity (Wildman–Crippen MR) is 344 cm³/mol. The Morgan fingerprint density at radius 3 is 0.861 bits per heavy atom. The molecule has 0 rings (SSSR count). The molecule has 0 aliphatic rings. The van der Waals surface area contributed by atoms with Crippen LogP contribution in [0.1, 0.15) is 355 Å². The predicted octanol–water partition coefficient (Wildman–Crippen LogP) is 23.7. The minimum Gasteiger partial charge on any atom is -0.462 e. The Morgan fingerprint density at radius 2 is 0.519 bits per heavy atom. The Kier molecular flexibility index (Phi) is 64.7. The number of carbonyl (C=O) groups is 3. The fraction of sp³-hybridized carbons (Fsp3) is 0.795. The second-order valence-corrected chi connectivity index (χ2v) is 23.1. The SMILES string of the molecule is CC/C=C\C/C=C\C/C=C\C/C=C\CCC(=O)OCC(COC(=O)CCCCCCCCCCCCCCCCCCCCCCCCCCCCCCCCCC)OC(=O)CCCCCCC/C=C\C/C=C\CCCCCC. The van der Waals surface area contributed by atoms with Crippen molar-refractivity contribution < 1.29 is 28.6 Å². The van der Waals surface area contributed by atoms with Gasteiger partial charge in [-0.3, -0.25) is 14.4 Å². The van der Waals surface area contributed by atoms with Gasteiger partial charge in [-0.15, -0.1) is 0 Å². The highest BCUT2D eigenvalue weighted by molar-refractivity contribution is 5.71. The Hall–Kier alpha value is -3.15. The van der Waals surface area contributed by atoms with Crippen LogP contribution in [0, 0.1) is 0 Å². The number of hydrogen-bond donors (Lipinski definition) is 0. The van der Waals surface area contributed by atoms with Gasteiger partial charge >= 0.3 is 17.9 Å². The lowest BCUT2D eigenvalue weighted by molar-refractivity contribution is -0.166. The Balaban J connectivity index is 4.16. The summed E-state index contributed by atoms with van der Waals surface area (Å²) in [6.45, 7) is 6.48. The van der Waals surface area contributed by atoms with Crippen molar-refractivity contribution in [1.29, 1.82) is 0 Å². The molecule has 1 atom stereocenters. The van der Waals surface area contributed by atoms with Crippen LogP contribution in [0.5, 0.6) is 0 Å². The van der Waals surface area contributed by atoms with Gasteiger partial charge in [-0.05, 0) is 77.0 Å². The Morgan fingerprint density at radius 1 is 0.266 bits per heavy atom. The van der Waals surface area contributed by atoms with E-state index >= 15 is 0 Å². The van der Waals surface area contributed by atoms with E-state index in [4.69, 9.17) is 14.2 Å². The van der Waals surface area contributed by atoms with E-state index in [2.05, 4.69) is 87.6 Å². The normalized spacial score (nSPS) is 12.5. The summed E-state index contributed by atoms with van der Waals surface area (Å²) in [6.07, 6.45) is 88.3. The third kappa shape index (κ3) is 65.5. The number of esters is 3. The molecule has 0 amide bonds. The van der Waals surface area contributed by atoms with Crippen LogP contribution >= 0.6 is 0 Å². The van der Waals surface area contributed by atoms with Crippen molar-refractivity contribution in [3.8, 4) is 0 Å². The average Bonchev–Trinajstić information content (AvgIpc) is 3.45. The average molecular weight is 1100 g/mol. The third-order valence-corrected chi connectivity index (χ3v) is 15.2. The largest absolute Gasteiger partial charge is 0.462 e. The first-order chi connectivity index (χ1) is 39.0. The van der Waals surface area contributed by atoms with E-state index in [-0.39, 0.29) is 37.5 Å². The van der Waals surface area contributed by atoms with Crippen molar-refractivity contribution in [3.05, 3.63) is 72.9 Å². The number of allylic oxidation sites excluding steroid dienone is 12. The smallest absolute Gasteiger partial charge is 0.306 e. The summed E-state index contributed by atoms with van der Waals surface area (Å²) in [4.78, 5) is 38.2. The maximum atomic E-state index is 12.9. The van der Waals surface area contributed by atoms with Gasteiger partial charge in [0, 0.05) is 19.3 Å². The molecule has 0 aromatic heterocycles. The molecule has 0 heterocycles. The van der Waals surface area contributed by atoms with Crippen LogP contribution < -0.4 is 0 Å². The summed E-state index contributed by atoms with van der Waals surface area (Å²) < 4.78 is 16.8. The van der Waals surface area contributed by atoms with E-state index in [1.165, 1.54) is 218 Å². The minimum atomic E-state index is -0.811. The highest BCUT2D eigenvalue weighted by Crippen LogP contribution is 2.18. The van der Waals surface area contributed by atoms with Gasteiger partial charge < -0.3 is 14.2 Å². The van der Waals surface area contributed by atoms with Gasteiger partial charge in [0.2, 0.25) is 0 Å². The second-order valence-electron chi connectivity index (χ2n) is 23.1. The molecule has 6 nitrogen and oxygen atoms in total. The van der Waals surface area contributed by atoms with Crippen LogP contribution in [0.3, 0.4) is 0 Å². The zero-order chi connectivity index (χ0) is 57.1. The highest BCUT2D eigenvalue weighted by Gasteiger charge is 2.19. The lowest BCUT2D eigenvalue weighted by atomic mass is 10.0. The summed E-state index contributed by atoms with van der Waals surface area (Å²) in [5, 5.41) is 0. The van der Waals surface area contributed by atoms with Crippen LogP contribution in [0.25, 0.3) is 0 Å². The molecule has 0 N–H and O–H groups in total. The van der Waals surface area contributed by atoms with Gasteiger partial charge in [0.1, 0.15) is 13.2 Å². The summed E-state index contributed by atoms with van der Waals surface area (Å²) in [6, 6.07) is 0. The van der Waals surface area contributed by atoms with E-state index in [1.54, 1.807) is 0 Å².